The zero-order valence-electron chi connectivity index (χ0n) is 9.17. The summed E-state index contributed by atoms with van der Waals surface area (Å²) in [6.45, 7) is 0. The maximum absolute atomic E-state index is 6.05. The van der Waals surface area contributed by atoms with Gasteiger partial charge in [0.1, 0.15) is 5.75 Å². The van der Waals surface area contributed by atoms with Crippen molar-refractivity contribution in [2.75, 3.05) is 7.11 Å². The third-order valence-corrected chi connectivity index (χ3v) is 3.77. The minimum atomic E-state index is 0.233. The van der Waals surface area contributed by atoms with Crippen molar-refractivity contribution in [3.63, 3.8) is 0 Å². The van der Waals surface area contributed by atoms with Crippen molar-refractivity contribution < 1.29 is 4.74 Å². The van der Waals surface area contributed by atoms with Crippen LogP contribution in [-0.2, 0) is 6.42 Å². The third-order valence-electron chi connectivity index (χ3n) is 2.81. The van der Waals surface area contributed by atoms with E-state index in [0.29, 0.717) is 0 Å². The molecular weight excluding hydrogens is 287 g/mol. The van der Waals surface area contributed by atoms with Crippen LogP contribution >= 0.6 is 27.5 Å². The lowest BCUT2D eigenvalue weighted by Gasteiger charge is -2.06. The molecule has 0 aliphatic heterocycles. The Morgan fingerprint density at radius 2 is 2.31 bits per heavy atom. The van der Waals surface area contributed by atoms with Gasteiger partial charge in [0.05, 0.1) is 17.0 Å². The van der Waals surface area contributed by atoms with Gasteiger partial charge in [-0.3, -0.25) is 0 Å². The van der Waals surface area contributed by atoms with Crippen LogP contribution in [-0.4, -0.2) is 12.5 Å². The maximum atomic E-state index is 6.05. The first-order chi connectivity index (χ1) is 7.69. The number of hydrogen-bond acceptors (Lipinski definition) is 1. The van der Waals surface area contributed by atoms with Crippen LogP contribution < -0.4 is 4.74 Å². The average Bonchev–Trinajstić information content (AvgIpc) is 2.64. The molecule has 1 aliphatic carbocycles. The van der Waals surface area contributed by atoms with E-state index in [9.17, 15) is 0 Å². The molecule has 2 rings (SSSR count). The largest absolute Gasteiger partial charge is 0.496 e. The van der Waals surface area contributed by atoms with Crippen molar-refractivity contribution in [2.24, 2.45) is 0 Å². The van der Waals surface area contributed by atoms with Crippen molar-refractivity contribution in [2.45, 2.75) is 24.6 Å². The highest BCUT2D eigenvalue weighted by Gasteiger charge is 2.13. The van der Waals surface area contributed by atoms with E-state index in [1.165, 1.54) is 11.1 Å². The second kappa shape index (κ2) is 5.24. The van der Waals surface area contributed by atoms with Crippen molar-refractivity contribution in [1.29, 1.82) is 0 Å². The van der Waals surface area contributed by atoms with Crippen molar-refractivity contribution in [3.8, 4) is 5.75 Å². The van der Waals surface area contributed by atoms with E-state index >= 15 is 0 Å². The quantitative estimate of drug-likeness (QED) is 0.596. The highest BCUT2D eigenvalue weighted by molar-refractivity contribution is 9.10. The molecule has 0 bridgehead atoms. The molecule has 0 amide bonds. The molecule has 1 nitrogen and oxygen atoms in total. The fraction of sp³-hybridized carbons (Fsp3) is 0.385. The molecule has 0 saturated heterocycles. The van der Waals surface area contributed by atoms with Crippen LogP contribution in [0.15, 0.2) is 34.3 Å². The summed E-state index contributed by atoms with van der Waals surface area (Å²) in [7, 11) is 1.68. The van der Waals surface area contributed by atoms with E-state index in [2.05, 4.69) is 34.1 Å². The molecule has 1 aliphatic rings. The summed E-state index contributed by atoms with van der Waals surface area (Å²) < 4.78 is 6.21. The zero-order chi connectivity index (χ0) is 11.5. The Morgan fingerprint density at radius 3 is 2.88 bits per heavy atom. The van der Waals surface area contributed by atoms with Crippen LogP contribution in [0.25, 0.3) is 0 Å². The Hall–Kier alpha value is -0.470. The molecule has 0 spiro atoms. The fourth-order valence-corrected chi connectivity index (χ4v) is 2.85. The molecule has 86 valence electrons. The second-order valence-corrected chi connectivity index (χ2v) is 5.44. The molecule has 1 aromatic carbocycles. The number of rotatable bonds is 3. The third kappa shape index (κ3) is 2.80. The highest BCUT2D eigenvalue weighted by atomic mass is 79.9. The van der Waals surface area contributed by atoms with E-state index in [1.54, 1.807) is 7.11 Å². The zero-order valence-corrected chi connectivity index (χ0v) is 11.5. The van der Waals surface area contributed by atoms with Crippen LogP contribution in [0.2, 0.25) is 0 Å². The average molecular weight is 302 g/mol. The fourth-order valence-electron chi connectivity index (χ4n) is 1.98. The Kier molecular flexibility index (Phi) is 3.93. The van der Waals surface area contributed by atoms with Crippen LogP contribution in [0, 0.1) is 0 Å². The monoisotopic (exact) mass is 300 g/mol. The molecule has 0 heterocycles. The number of methoxy groups -OCH3 is 1. The number of halogens is 2. The molecular formula is C13H14BrClO. The number of allylic oxidation sites excluding steroid dienone is 2. The lowest BCUT2D eigenvalue weighted by molar-refractivity contribution is 0.412. The van der Waals surface area contributed by atoms with Gasteiger partial charge in [0.25, 0.3) is 0 Å². The molecule has 16 heavy (non-hydrogen) atoms. The standard InChI is InChI=1S/C13H14BrClO/c1-16-13-5-3-10(8-12(13)14)6-9-2-4-11(15)7-9/h3,5,7-8,11H,2,4,6H2,1H3. The van der Waals surface area contributed by atoms with Gasteiger partial charge in [-0.05, 0) is 52.9 Å². The van der Waals surface area contributed by atoms with E-state index in [-0.39, 0.29) is 5.38 Å². The van der Waals surface area contributed by atoms with E-state index in [1.807, 2.05) is 6.07 Å². The molecule has 1 atom stereocenters. The topological polar surface area (TPSA) is 9.23 Å². The summed E-state index contributed by atoms with van der Waals surface area (Å²) >= 11 is 9.54. The molecule has 3 heteroatoms. The number of ether oxygens (including phenoxy) is 1. The molecule has 0 N–H and O–H groups in total. The molecule has 0 radical (unpaired) electrons. The Bertz CT molecular complexity index is 414. The number of hydrogen-bond donors (Lipinski definition) is 0. The Balaban J connectivity index is 2.11. The van der Waals surface area contributed by atoms with Crippen molar-refractivity contribution in [3.05, 3.63) is 39.9 Å². The summed E-state index contributed by atoms with van der Waals surface area (Å²) in [6.07, 6.45) is 5.37. The van der Waals surface area contributed by atoms with Gasteiger partial charge < -0.3 is 4.74 Å². The summed E-state index contributed by atoms with van der Waals surface area (Å²) in [5.74, 6) is 0.874. The maximum Gasteiger partial charge on any atom is 0.133 e. The van der Waals surface area contributed by atoms with E-state index in [4.69, 9.17) is 16.3 Å². The van der Waals surface area contributed by atoms with Gasteiger partial charge in [-0.1, -0.05) is 17.7 Å². The van der Waals surface area contributed by atoms with Gasteiger partial charge in [0, 0.05) is 0 Å². The molecule has 1 aromatic rings. The first-order valence-electron chi connectivity index (χ1n) is 5.35. The van der Waals surface area contributed by atoms with Crippen molar-refractivity contribution >= 4 is 27.5 Å². The number of benzene rings is 1. The second-order valence-electron chi connectivity index (χ2n) is 4.03. The molecule has 1 unspecified atom stereocenters. The van der Waals surface area contributed by atoms with Gasteiger partial charge in [-0.25, -0.2) is 0 Å². The van der Waals surface area contributed by atoms with Crippen molar-refractivity contribution in [1.82, 2.24) is 0 Å². The van der Waals surface area contributed by atoms with Crippen LogP contribution in [0.3, 0.4) is 0 Å². The molecule has 0 fully saturated rings. The minimum Gasteiger partial charge on any atom is -0.496 e. The predicted molar refractivity (Wildman–Crippen MR) is 71.4 cm³/mol. The Morgan fingerprint density at radius 1 is 1.50 bits per heavy atom. The number of alkyl halides is 1. The van der Waals surface area contributed by atoms with Gasteiger partial charge in [-0.2, -0.15) is 0 Å². The van der Waals surface area contributed by atoms with Gasteiger partial charge in [0.2, 0.25) is 0 Å². The van der Waals surface area contributed by atoms with Gasteiger partial charge in [-0.15, -0.1) is 11.6 Å². The van der Waals surface area contributed by atoms with Crippen LogP contribution in [0.4, 0.5) is 0 Å². The van der Waals surface area contributed by atoms with Gasteiger partial charge in [0.15, 0.2) is 0 Å². The summed E-state index contributed by atoms with van der Waals surface area (Å²) in [5, 5.41) is 0.233. The first-order valence-corrected chi connectivity index (χ1v) is 6.58. The van der Waals surface area contributed by atoms with Crippen LogP contribution in [0.5, 0.6) is 5.75 Å². The first kappa shape index (κ1) is 12.0. The Labute approximate surface area is 110 Å². The highest BCUT2D eigenvalue weighted by Crippen LogP contribution is 2.29. The molecule has 0 saturated carbocycles. The summed E-state index contributed by atoms with van der Waals surface area (Å²) in [5.41, 5.74) is 2.74. The van der Waals surface area contributed by atoms with E-state index in [0.717, 1.165) is 29.5 Å². The summed E-state index contributed by atoms with van der Waals surface area (Å²) in [4.78, 5) is 0. The lowest BCUT2D eigenvalue weighted by atomic mass is 10.0. The predicted octanol–water partition coefficient (Wildman–Crippen LogP) is 4.33. The van der Waals surface area contributed by atoms with E-state index < -0.39 is 0 Å². The lowest BCUT2D eigenvalue weighted by Crippen LogP contribution is -1.90. The SMILES string of the molecule is COc1ccc(CC2=CC(Cl)CC2)cc1Br. The smallest absolute Gasteiger partial charge is 0.133 e. The normalized spacial score (nSPS) is 19.7. The van der Waals surface area contributed by atoms with Crippen LogP contribution in [0.1, 0.15) is 18.4 Å². The molecule has 0 aromatic heterocycles. The minimum absolute atomic E-state index is 0.233. The summed E-state index contributed by atoms with van der Waals surface area (Å²) in [6, 6.07) is 6.21. The van der Waals surface area contributed by atoms with Gasteiger partial charge >= 0.3 is 0 Å².